The molecule has 1 aliphatic rings. The zero-order chi connectivity index (χ0) is 15.8. The molecule has 0 saturated carbocycles. The molecule has 1 aliphatic heterocycles. The fourth-order valence-corrected chi connectivity index (χ4v) is 4.80. The summed E-state index contributed by atoms with van der Waals surface area (Å²) in [7, 11) is -2.04. The van der Waals surface area contributed by atoms with E-state index in [1.807, 2.05) is 0 Å². The van der Waals surface area contributed by atoms with Crippen molar-refractivity contribution in [2.24, 2.45) is 7.05 Å². The number of sulfonamides is 1. The zero-order valence-corrected chi connectivity index (χ0v) is 13.6. The Morgan fingerprint density at radius 2 is 2.10 bits per heavy atom. The quantitative estimate of drug-likeness (QED) is 0.766. The van der Waals surface area contributed by atoms with E-state index in [4.69, 9.17) is 4.74 Å². The van der Waals surface area contributed by atoms with Gasteiger partial charge in [0, 0.05) is 13.6 Å². The lowest BCUT2D eigenvalue weighted by atomic mass is 10.2. The Morgan fingerprint density at radius 1 is 1.43 bits per heavy atom. The molecule has 2 heterocycles. The van der Waals surface area contributed by atoms with Crippen LogP contribution in [-0.2, 0) is 26.6 Å². The summed E-state index contributed by atoms with van der Waals surface area (Å²) >= 11 is 0. The second-order valence-electron chi connectivity index (χ2n) is 5.15. The van der Waals surface area contributed by atoms with Gasteiger partial charge in [0.15, 0.2) is 0 Å². The Hall–Kier alpha value is -1.41. The standard InChI is InChI=1S/C13H21N3O4S/c1-5-20-13(17)11-7-6-8-16(11)21(18,19)12-9(2)14-15(4)10(12)3/h11H,5-8H2,1-4H3. The molecule has 1 aromatic rings. The minimum Gasteiger partial charge on any atom is -0.465 e. The number of esters is 1. The normalized spacial score (nSPS) is 19.9. The summed E-state index contributed by atoms with van der Waals surface area (Å²) < 4.78 is 33.5. The second-order valence-corrected chi connectivity index (χ2v) is 6.98. The highest BCUT2D eigenvalue weighted by atomic mass is 32.2. The fourth-order valence-electron chi connectivity index (χ4n) is 2.75. The molecule has 0 amide bonds. The molecule has 0 aromatic carbocycles. The van der Waals surface area contributed by atoms with Crippen LogP contribution >= 0.6 is 0 Å². The maximum atomic E-state index is 12.9. The van der Waals surface area contributed by atoms with Gasteiger partial charge in [-0.1, -0.05) is 0 Å². The van der Waals surface area contributed by atoms with Crippen LogP contribution in [-0.4, -0.2) is 47.7 Å². The van der Waals surface area contributed by atoms with Crippen molar-refractivity contribution >= 4 is 16.0 Å². The van der Waals surface area contributed by atoms with E-state index in [0.29, 0.717) is 30.8 Å². The van der Waals surface area contributed by atoms with Crippen LogP contribution in [0.3, 0.4) is 0 Å². The van der Waals surface area contributed by atoms with Gasteiger partial charge in [0.2, 0.25) is 10.0 Å². The third kappa shape index (κ3) is 2.69. The minimum atomic E-state index is -3.74. The molecule has 118 valence electrons. The first kappa shape index (κ1) is 16.0. The predicted molar refractivity (Wildman–Crippen MR) is 76.2 cm³/mol. The van der Waals surface area contributed by atoms with E-state index >= 15 is 0 Å². The van der Waals surface area contributed by atoms with E-state index in [2.05, 4.69) is 5.10 Å². The molecule has 1 fully saturated rings. The first-order valence-electron chi connectivity index (χ1n) is 6.99. The topological polar surface area (TPSA) is 81.5 Å². The molecule has 1 aromatic heterocycles. The van der Waals surface area contributed by atoms with Gasteiger partial charge >= 0.3 is 5.97 Å². The number of ether oxygens (including phenoxy) is 1. The van der Waals surface area contributed by atoms with Crippen LogP contribution in [0.15, 0.2) is 4.90 Å². The second kappa shape index (κ2) is 5.76. The predicted octanol–water partition coefficient (Wildman–Crippen LogP) is 0.753. The van der Waals surface area contributed by atoms with Crippen molar-refractivity contribution in [1.29, 1.82) is 0 Å². The molecule has 0 spiro atoms. The summed E-state index contributed by atoms with van der Waals surface area (Å²) in [4.78, 5) is 12.2. The summed E-state index contributed by atoms with van der Waals surface area (Å²) in [6.45, 7) is 5.66. The largest absolute Gasteiger partial charge is 0.465 e. The van der Waals surface area contributed by atoms with Crippen molar-refractivity contribution in [1.82, 2.24) is 14.1 Å². The van der Waals surface area contributed by atoms with Gasteiger partial charge in [-0.25, -0.2) is 8.42 Å². The molecule has 1 unspecified atom stereocenters. The molecule has 0 radical (unpaired) electrons. The van der Waals surface area contributed by atoms with Crippen LogP contribution in [0, 0.1) is 13.8 Å². The van der Waals surface area contributed by atoms with Gasteiger partial charge in [-0.15, -0.1) is 0 Å². The lowest BCUT2D eigenvalue weighted by molar-refractivity contribution is -0.146. The molecule has 21 heavy (non-hydrogen) atoms. The third-order valence-corrected chi connectivity index (χ3v) is 5.93. The Morgan fingerprint density at radius 3 is 2.62 bits per heavy atom. The number of carbonyl (C=O) groups is 1. The summed E-state index contributed by atoms with van der Waals surface area (Å²) in [5, 5.41) is 4.15. The van der Waals surface area contributed by atoms with Gasteiger partial charge < -0.3 is 4.74 Å². The van der Waals surface area contributed by atoms with E-state index in [1.54, 1.807) is 27.8 Å². The molecule has 7 nitrogen and oxygen atoms in total. The van der Waals surface area contributed by atoms with E-state index in [0.717, 1.165) is 0 Å². The van der Waals surface area contributed by atoms with Crippen molar-refractivity contribution < 1.29 is 17.9 Å². The molecule has 1 saturated heterocycles. The number of nitrogens with zero attached hydrogens (tertiary/aromatic N) is 3. The molecular formula is C13H21N3O4S. The SMILES string of the molecule is CCOC(=O)C1CCCN1S(=O)(=O)c1c(C)nn(C)c1C. The molecule has 8 heteroatoms. The van der Waals surface area contributed by atoms with E-state index < -0.39 is 22.0 Å². The lowest BCUT2D eigenvalue weighted by Gasteiger charge is -2.22. The number of rotatable bonds is 4. The Bertz CT molecular complexity index is 651. The first-order chi connectivity index (χ1) is 9.80. The van der Waals surface area contributed by atoms with E-state index in [1.165, 1.54) is 8.99 Å². The molecule has 0 N–H and O–H groups in total. The molecule has 0 aliphatic carbocycles. The van der Waals surface area contributed by atoms with Crippen molar-refractivity contribution in [2.45, 2.75) is 44.6 Å². The van der Waals surface area contributed by atoms with Crippen LogP contribution in [0.4, 0.5) is 0 Å². The Balaban J connectivity index is 2.41. The molecular weight excluding hydrogens is 294 g/mol. The van der Waals surface area contributed by atoms with Crippen molar-refractivity contribution in [3.8, 4) is 0 Å². The van der Waals surface area contributed by atoms with Crippen LogP contribution in [0.2, 0.25) is 0 Å². The fraction of sp³-hybridized carbons (Fsp3) is 0.692. The maximum Gasteiger partial charge on any atom is 0.324 e. The number of aryl methyl sites for hydroxylation is 2. The van der Waals surface area contributed by atoms with Crippen molar-refractivity contribution in [3.63, 3.8) is 0 Å². The van der Waals surface area contributed by atoms with Crippen LogP contribution in [0.1, 0.15) is 31.2 Å². The van der Waals surface area contributed by atoms with Gasteiger partial charge in [-0.3, -0.25) is 9.48 Å². The smallest absolute Gasteiger partial charge is 0.324 e. The van der Waals surface area contributed by atoms with E-state index in [9.17, 15) is 13.2 Å². The summed E-state index contributed by atoms with van der Waals surface area (Å²) in [5.41, 5.74) is 1.02. The van der Waals surface area contributed by atoms with Crippen LogP contribution in [0.5, 0.6) is 0 Å². The molecule has 2 rings (SSSR count). The third-order valence-electron chi connectivity index (χ3n) is 3.77. The number of carbonyl (C=O) groups excluding carboxylic acids is 1. The number of aromatic nitrogens is 2. The monoisotopic (exact) mass is 315 g/mol. The van der Waals surface area contributed by atoms with Crippen LogP contribution < -0.4 is 0 Å². The van der Waals surface area contributed by atoms with Crippen LogP contribution in [0.25, 0.3) is 0 Å². The van der Waals surface area contributed by atoms with Crippen molar-refractivity contribution in [3.05, 3.63) is 11.4 Å². The zero-order valence-electron chi connectivity index (χ0n) is 12.8. The summed E-state index contributed by atoms with van der Waals surface area (Å²) in [5.74, 6) is -0.474. The number of hydrogen-bond donors (Lipinski definition) is 0. The molecule has 1 atom stereocenters. The highest BCUT2D eigenvalue weighted by Gasteiger charge is 2.42. The van der Waals surface area contributed by atoms with Crippen molar-refractivity contribution in [2.75, 3.05) is 13.2 Å². The minimum absolute atomic E-state index is 0.196. The maximum absolute atomic E-state index is 12.9. The summed E-state index contributed by atoms with van der Waals surface area (Å²) in [6, 6.07) is -0.728. The Kier molecular flexibility index (Phi) is 4.38. The van der Waals surface area contributed by atoms with E-state index in [-0.39, 0.29) is 11.5 Å². The lowest BCUT2D eigenvalue weighted by Crippen LogP contribution is -2.41. The number of hydrogen-bond acceptors (Lipinski definition) is 5. The van der Waals surface area contributed by atoms with Gasteiger partial charge in [-0.05, 0) is 33.6 Å². The van der Waals surface area contributed by atoms with Gasteiger partial charge in [-0.2, -0.15) is 9.40 Å². The van der Waals surface area contributed by atoms with Gasteiger partial charge in [0.25, 0.3) is 0 Å². The van der Waals surface area contributed by atoms with Gasteiger partial charge in [0.1, 0.15) is 10.9 Å². The summed E-state index contributed by atoms with van der Waals surface area (Å²) in [6.07, 6.45) is 1.15. The Labute approximate surface area is 124 Å². The first-order valence-corrected chi connectivity index (χ1v) is 8.43. The highest BCUT2D eigenvalue weighted by molar-refractivity contribution is 7.89. The highest BCUT2D eigenvalue weighted by Crippen LogP contribution is 2.30. The molecule has 0 bridgehead atoms. The average molecular weight is 315 g/mol. The average Bonchev–Trinajstić information content (AvgIpc) is 2.96. The van der Waals surface area contributed by atoms with Gasteiger partial charge in [0.05, 0.1) is 18.0 Å².